The predicted octanol–water partition coefficient (Wildman–Crippen LogP) is 6.37. The molecule has 0 aromatic heterocycles. The molecule has 1 amide bonds. The van der Waals surface area contributed by atoms with Crippen molar-refractivity contribution in [2.24, 2.45) is 0 Å². The summed E-state index contributed by atoms with van der Waals surface area (Å²) in [4.78, 5) is 46.8. The van der Waals surface area contributed by atoms with Crippen LogP contribution in [0.15, 0.2) is 71.1 Å². The van der Waals surface area contributed by atoms with Crippen molar-refractivity contribution >= 4 is 54.0 Å². The predicted molar refractivity (Wildman–Crippen MR) is 181 cm³/mol. The van der Waals surface area contributed by atoms with Crippen LogP contribution in [0.25, 0.3) is 0 Å². The van der Waals surface area contributed by atoms with Gasteiger partial charge in [-0.05, 0) is 103 Å². The minimum absolute atomic E-state index is 0. The van der Waals surface area contributed by atoms with Gasteiger partial charge in [-0.3, -0.25) is 14.4 Å². The van der Waals surface area contributed by atoms with Crippen LogP contribution in [0.4, 0.5) is 11.4 Å². The highest BCUT2D eigenvalue weighted by atomic mass is 32.4. The van der Waals surface area contributed by atoms with Gasteiger partial charge in [0.05, 0.1) is 5.56 Å². The molecule has 0 saturated heterocycles. The smallest absolute Gasteiger partial charge is 0.335 e. The standard InChI is InChI=1S/C15H18N2O2.C13H13NO3.C2H7N.CH3PS.CH4/c1-10-13(8-9-14(10)18)16-12-6-4-11(5-7-12)15(19)17(2)3;1-8-11(6-7-12(8)15)14-10-4-2-9(3-5-10)13(16)17;1-3-2;1-2-3;/h4-7,16H,8-9H2,1-3H3;2-5,14H,6-7H2,1H3,(H,16,17);3H,1-2H3;1H3;1H4. The van der Waals surface area contributed by atoms with Crippen molar-refractivity contribution in [1.82, 2.24) is 10.2 Å². The van der Waals surface area contributed by atoms with Crippen molar-refractivity contribution in [2.45, 2.75) is 47.0 Å². The monoisotopic (exact) mass is 628 g/mol. The Labute approximate surface area is 262 Å². The normalized spacial score (nSPS) is 13.5. The third-order valence-electron chi connectivity index (χ3n) is 6.21. The average Bonchev–Trinajstić information content (AvgIpc) is 3.45. The number of hydrogen-bond donors (Lipinski definition) is 4. The number of rotatable bonds is 6. The van der Waals surface area contributed by atoms with Crippen LogP contribution in [0, 0.1) is 0 Å². The zero-order chi connectivity index (χ0) is 31.8. The first-order valence-corrected chi connectivity index (χ1v) is 15.7. The number of Topliss-reactive ketones (excluding diaryl/α,β-unsaturated/α-hetero) is 2. The molecule has 9 nitrogen and oxygen atoms in total. The van der Waals surface area contributed by atoms with Gasteiger partial charge in [-0.25, -0.2) is 4.79 Å². The maximum absolute atomic E-state index is 11.7. The second kappa shape index (κ2) is 20.2. The van der Waals surface area contributed by atoms with E-state index in [1.807, 2.05) is 46.7 Å². The number of carboxylic acid groups (broad SMARTS) is 1. The molecule has 43 heavy (non-hydrogen) atoms. The molecule has 234 valence electrons. The van der Waals surface area contributed by atoms with Gasteiger partial charge in [0.15, 0.2) is 11.6 Å². The summed E-state index contributed by atoms with van der Waals surface area (Å²) in [7, 11) is 8.21. The first-order chi connectivity index (χ1) is 19.9. The van der Waals surface area contributed by atoms with Crippen molar-refractivity contribution in [1.29, 1.82) is 0 Å². The summed E-state index contributed by atoms with van der Waals surface area (Å²) in [5.74, 6) is -0.572. The van der Waals surface area contributed by atoms with E-state index < -0.39 is 5.97 Å². The van der Waals surface area contributed by atoms with Crippen LogP contribution in [-0.4, -0.2) is 68.3 Å². The largest absolute Gasteiger partial charge is 0.478 e. The summed E-state index contributed by atoms with van der Waals surface area (Å²) >= 11 is 4.37. The van der Waals surface area contributed by atoms with Crippen molar-refractivity contribution in [2.75, 3.05) is 45.5 Å². The van der Waals surface area contributed by atoms with E-state index in [2.05, 4.69) is 27.8 Å². The second-order valence-electron chi connectivity index (χ2n) is 9.65. The molecule has 0 radical (unpaired) electrons. The maximum atomic E-state index is 11.7. The van der Waals surface area contributed by atoms with Crippen LogP contribution in [-0.2, 0) is 21.4 Å². The zero-order valence-corrected chi connectivity index (χ0v) is 27.0. The molecule has 0 atom stereocenters. The molecule has 11 heteroatoms. The molecular weight excluding hydrogens is 583 g/mol. The van der Waals surface area contributed by atoms with E-state index >= 15 is 0 Å². The third-order valence-corrected chi connectivity index (χ3v) is 6.21. The fraction of sp³-hybridized carbons (Fsp3) is 0.375. The number of ketones is 2. The first kappa shape index (κ1) is 39.3. The fourth-order valence-corrected chi connectivity index (χ4v) is 3.88. The van der Waals surface area contributed by atoms with Gasteiger partial charge in [0, 0.05) is 66.4 Å². The first-order valence-electron chi connectivity index (χ1n) is 13.3. The highest BCUT2D eigenvalue weighted by Gasteiger charge is 2.20. The summed E-state index contributed by atoms with van der Waals surface area (Å²) in [5, 5.41) is 17.9. The summed E-state index contributed by atoms with van der Waals surface area (Å²) in [6, 6.07) is 13.8. The van der Waals surface area contributed by atoms with Gasteiger partial charge < -0.3 is 26.0 Å². The lowest BCUT2D eigenvalue weighted by atomic mass is 10.1. The molecule has 2 aromatic carbocycles. The molecule has 2 aliphatic rings. The fourth-order valence-electron chi connectivity index (χ4n) is 3.88. The number of allylic oxidation sites excluding steroid dienone is 4. The van der Waals surface area contributed by atoms with Crippen LogP contribution in [0.1, 0.15) is 67.7 Å². The number of nitrogens with one attached hydrogen (secondary N) is 3. The summed E-state index contributed by atoms with van der Waals surface area (Å²) in [6.07, 6.45) is 2.64. The Morgan fingerprint density at radius 3 is 1.35 bits per heavy atom. The molecule has 4 rings (SSSR count). The molecule has 0 heterocycles. The Morgan fingerprint density at radius 1 is 0.767 bits per heavy atom. The quantitative estimate of drug-likeness (QED) is 0.270. The van der Waals surface area contributed by atoms with Gasteiger partial charge in [0.1, 0.15) is 0 Å². The number of hydrogen-bond acceptors (Lipinski definition) is 8. The van der Waals surface area contributed by atoms with Gasteiger partial charge in [-0.2, -0.15) is 0 Å². The molecule has 2 aliphatic carbocycles. The van der Waals surface area contributed by atoms with Crippen molar-refractivity contribution in [3.05, 3.63) is 82.2 Å². The van der Waals surface area contributed by atoms with Gasteiger partial charge in [0.25, 0.3) is 5.91 Å². The van der Waals surface area contributed by atoms with Crippen molar-refractivity contribution in [3.63, 3.8) is 0 Å². The lowest BCUT2D eigenvalue weighted by molar-refractivity contribution is -0.115. The number of carbonyl (C=O) groups is 4. The Kier molecular flexibility index (Phi) is 18.5. The topological polar surface area (TPSA) is 128 Å². The van der Waals surface area contributed by atoms with Crippen LogP contribution in [0.3, 0.4) is 0 Å². The second-order valence-corrected chi connectivity index (χ2v) is 11.1. The molecule has 0 unspecified atom stereocenters. The minimum Gasteiger partial charge on any atom is -0.478 e. The van der Waals surface area contributed by atoms with Gasteiger partial charge in [-0.1, -0.05) is 19.2 Å². The number of carbonyl (C=O) groups excluding carboxylic acids is 3. The molecule has 0 aliphatic heterocycles. The number of benzene rings is 2. The third kappa shape index (κ3) is 13.0. The van der Waals surface area contributed by atoms with Crippen LogP contribution < -0.4 is 16.0 Å². The molecular formula is C32H45N4O5PS. The van der Waals surface area contributed by atoms with Gasteiger partial charge in [0.2, 0.25) is 0 Å². The molecule has 4 N–H and O–H groups in total. The number of carboxylic acids is 1. The average molecular weight is 629 g/mol. The molecule has 0 spiro atoms. The Hall–Kier alpha value is -3.72. The van der Waals surface area contributed by atoms with E-state index in [1.54, 1.807) is 43.3 Å². The minimum atomic E-state index is -0.942. The summed E-state index contributed by atoms with van der Waals surface area (Å²) in [6.45, 7) is 5.57. The highest BCUT2D eigenvalue weighted by molar-refractivity contribution is 7.96. The van der Waals surface area contributed by atoms with Gasteiger partial charge >= 0.3 is 5.97 Å². The van der Waals surface area contributed by atoms with E-state index in [-0.39, 0.29) is 30.5 Å². The van der Waals surface area contributed by atoms with Crippen molar-refractivity contribution in [3.8, 4) is 0 Å². The zero-order valence-electron chi connectivity index (χ0n) is 25.3. The summed E-state index contributed by atoms with van der Waals surface area (Å²) < 4.78 is 0. The van der Waals surface area contributed by atoms with Crippen LogP contribution in [0.2, 0.25) is 0 Å². The molecule has 0 bridgehead atoms. The molecule has 0 fully saturated rings. The SMILES string of the molecule is C.CC1=C(Nc2ccc(C(=O)N(C)C)cc2)CCC1=O.CC1=C(Nc2ccc(C(=O)O)cc2)CCC1=O.CNC.CP=S. The van der Waals surface area contributed by atoms with Crippen molar-refractivity contribution < 1.29 is 24.3 Å². The van der Waals surface area contributed by atoms with Gasteiger partial charge in [-0.15, -0.1) is 0 Å². The Balaban J connectivity index is 0.000000683. The Morgan fingerprint density at radius 2 is 1.09 bits per heavy atom. The summed E-state index contributed by atoms with van der Waals surface area (Å²) in [5.41, 5.74) is 6.11. The van der Waals surface area contributed by atoms with E-state index in [0.717, 1.165) is 54.1 Å². The van der Waals surface area contributed by atoms with Crippen LogP contribution in [0.5, 0.6) is 0 Å². The lowest BCUT2D eigenvalue weighted by Gasteiger charge is -2.12. The lowest BCUT2D eigenvalue weighted by Crippen LogP contribution is -2.21. The number of amides is 1. The highest BCUT2D eigenvalue weighted by Crippen LogP contribution is 2.25. The van der Waals surface area contributed by atoms with E-state index in [0.29, 0.717) is 18.4 Å². The van der Waals surface area contributed by atoms with E-state index in [1.165, 1.54) is 12.1 Å². The van der Waals surface area contributed by atoms with E-state index in [4.69, 9.17) is 5.11 Å². The van der Waals surface area contributed by atoms with Crippen LogP contribution >= 0.6 is 7.36 Å². The number of aromatic carboxylic acids is 1. The number of anilines is 2. The molecule has 2 aromatic rings. The molecule has 0 saturated carbocycles. The number of nitrogens with zero attached hydrogens (tertiary/aromatic N) is 1. The Bertz CT molecular complexity index is 1320. The maximum Gasteiger partial charge on any atom is 0.335 e. The van der Waals surface area contributed by atoms with E-state index in [9.17, 15) is 19.2 Å².